The van der Waals surface area contributed by atoms with Crippen LogP contribution in [0.2, 0.25) is 0 Å². The van der Waals surface area contributed by atoms with Crippen molar-refractivity contribution < 1.29 is 23.2 Å². The van der Waals surface area contributed by atoms with E-state index in [-0.39, 0.29) is 18.0 Å². The maximum Gasteiger partial charge on any atom is 0.695 e. The van der Waals surface area contributed by atoms with Gasteiger partial charge in [0.25, 0.3) is 0 Å². The van der Waals surface area contributed by atoms with Crippen LogP contribution < -0.4 is 0 Å². The third-order valence-corrected chi connectivity index (χ3v) is 2.93. The van der Waals surface area contributed by atoms with Crippen molar-refractivity contribution in [1.82, 2.24) is 0 Å². The maximum atomic E-state index is 13.6. The van der Waals surface area contributed by atoms with E-state index in [2.05, 4.69) is 4.52 Å². The molecule has 0 aliphatic carbocycles. The normalized spacial score (nSPS) is 12.3. The van der Waals surface area contributed by atoms with Gasteiger partial charge in [0.05, 0.1) is 0 Å². The number of carbonyl (C=O) groups excluding carboxylic acids is 1. The van der Waals surface area contributed by atoms with Gasteiger partial charge in [0.1, 0.15) is 5.82 Å². The Bertz CT molecular complexity index is 459. The van der Waals surface area contributed by atoms with Gasteiger partial charge in [-0.1, -0.05) is 32.0 Å². The minimum absolute atomic E-state index is 0.0388. The summed E-state index contributed by atoms with van der Waals surface area (Å²) in [6.45, 7) is 3.04. The van der Waals surface area contributed by atoms with Gasteiger partial charge in [0, 0.05) is 11.0 Å². The van der Waals surface area contributed by atoms with Crippen LogP contribution in [0.5, 0.6) is 0 Å². The molecule has 0 radical (unpaired) electrons. The van der Waals surface area contributed by atoms with Gasteiger partial charge >= 0.3 is 8.25 Å². The molecular weight excluding hydrogens is 258 g/mol. The molecule has 0 aliphatic rings. The highest BCUT2D eigenvalue weighted by Gasteiger charge is 2.28. The van der Waals surface area contributed by atoms with Crippen LogP contribution in [0.3, 0.4) is 0 Å². The summed E-state index contributed by atoms with van der Waals surface area (Å²) in [6, 6.07) is 6.24. The number of benzene rings is 1. The lowest BCUT2D eigenvalue weighted by Gasteiger charge is -2.24. The first-order valence-electron chi connectivity index (χ1n) is 5.38. The summed E-state index contributed by atoms with van der Waals surface area (Å²) in [6.07, 6.45) is 0.0388. The largest absolute Gasteiger partial charge is 0.695 e. The molecule has 6 heteroatoms. The van der Waals surface area contributed by atoms with Crippen LogP contribution in [-0.2, 0) is 19.3 Å². The summed E-state index contributed by atoms with van der Waals surface area (Å²) in [4.78, 5) is 20.0. The first-order valence-corrected chi connectivity index (χ1v) is 6.52. The third-order valence-electron chi connectivity index (χ3n) is 2.58. The molecule has 0 bridgehead atoms. The smallest absolute Gasteiger partial charge is 0.297 e. The average molecular weight is 273 g/mol. The fraction of sp³-hybridized carbons (Fsp3) is 0.417. The van der Waals surface area contributed by atoms with Crippen LogP contribution in [0, 0.1) is 5.82 Å². The Balaban J connectivity index is 2.73. The van der Waals surface area contributed by atoms with Crippen molar-refractivity contribution in [1.29, 1.82) is 0 Å². The van der Waals surface area contributed by atoms with Crippen molar-refractivity contribution in [2.24, 2.45) is 0 Å². The standard InChI is InChI=1S/C12H14FO4P/c1-12(2,7-9(14)8-17-18(15)16)10-5-3-4-6-11(10)13/h3-6H,7-8H2,1-2H3/p+1. The highest BCUT2D eigenvalue weighted by Crippen LogP contribution is 2.29. The van der Waals surface area contributed by atoms with Crippen molar-refractivity contribution in [3.63, 3.8) is 0 Å². The molecule has 1 aromatic rings. The molecule has 0 aliphatic heterocycles. The maximum absolute atomic E-state index is 13.6. The molecule has 1 N–H and O–H groups in total. The highest BCUT2D eigenvalue weighted by atomic mass is 31.1. The molecule has 0 amide bonds. The third kappa shape index (κ3) is 4.26. The number of hydrogen-bond acceptors (Lipinski definition) is 3. The average Bonchev–Trinajstić information content (AvgIpc) is 2.26. The number of hydrogen-bond donors (Lipinski definition) is 1. The first-order chi connectivity index (χ1) is 8.33. The lowest BCUT2D eigenvalue weighted by atomic mass is 9.80. The molecule has 98 valence electrons. The van der Waals surface area contributed by atoms with Crippen LogP contribution in [0.25, 0.3) is 0 Å². The molecule has 18 heavy (non-hydrogen) atoms. The van der Waals surface area contributed by atoms with E-state index >= 15 is 0 Å². The molecule has 0 saturated heterocycles. The van der Waals surface area contributed by atoms with Gasteiger partial charge in [-0.2, -0.15) is 0 Å². The second kappa shape index (κ2) is 6.14. The van der Waals surface area contributed by atoms with Crippen molar-refractivity contribution in [2.75, 3.05) is 6.61 Å². The van der Waals surface area contributed by atoms with Crippen LogP contribution in [0.1, 0.15) is 25.8 Å². The topological polar surface area (TPSA) is 63.6 Å². The van der Waals surface area contributed by atoms with Crippen LogP contribution in [0.4, 0.5) is 4.39 Å². The van der Waals surface area contributed by atoms with Crippen LogP contribution in [0.15, 0.2) is 24.3 Å². The fourth-order valence-corrected chi connectivity index (χ4v) is 2.03. The van der Waals surface area contributed by atoms with E-state index in [9.17, 15) is 13.8 Å². The van der Waals surface area contributed by atoms with Gasteiger partial charge in [-0.05, 0) is 17.0 Å². The Labute approximate surface area is 106 Å². The number of halogens is 1. The fourth-order valence-electron chi connectivity index (χ4n) is 1.78. The Morgan fingerprint density at radius 3 is 2.61 bits per heavy atom. The molecule has 0 saturated carbocycles. The molecule has 1 rings (SSSR count). The summed E-state index contributed by atoms with van der Waals surface area (Å²) in [5.41, 5.74) is -0.251. The minimum atomic E-state index is -2.78. The van der Waals surface area contributed by atoms with Crippen molar-refractivity contribution in [3.05, 3.63) is 35.6 Å². The first kappa shape index (κ1) is 14.9. The summed E-state index contributed by atoms with van der Waals surface area (Å²) in [7, 11) is -2.78. The number of ketones is 1. The molecule has 0 fully saturated rings. The zero-order valence-corrected chi connectivity index (χ0v) is 11.1. The Morgan fingerprint density at radius 2 is 2.06 bits per heavy atom. The molecule has 4 nitrogen and oxygen atoms in total. The predicted octanol–water partition coefficient (Wildman–Crippen LogP) is 2.73. The summed E-state index contributed by atoms with van der Waals surface area (Å²) in [5.74, 6) is -0.717. The van der Waals surface area contributed by atoms with Gasteiger partial charge in [0.2, 0.25) is 0 Å². The second-order valence-corrected chi connectivity index (χ2v) is 5.32. The van der Waals surface area contributed by atoms with Gasteiger partial charge in [0.15, 0.2) is 12.4 Å². The van der Waals surface area contributed by atoms with E-state index in [4.69, 9.17) is 4.89 Å². The number of Topliss-reactive ketones (excluding diaryl/α,β-unsaturated/α-hetero) is 1. The Morgan fingerprint density at radius 1 is 1.44 bits per heavy atom. The lowest BCUT2D eigenvalue weighted by Crippen LogP contribution is -2.25. The quantitative estimate of drug-likeness (QED) is 0.809. The van der Waals surface area contributed by atoms with Crippen molar-refractivity contribution in [3.8, 4) is 0 Å². The van der Waals surface area contributed by atoms with Gasteiger partial charge in [-0.3, -0.25) is 4.79 Å². The monoisotopic (exact) mass is 273 g/mol. The lowest BCUT2D eigenvalue weighted by molar-refractivity contribution is -0.122. The van der Waals surface area contributed by atoms with Gasteiger partial charge in [-0.25, -0.2) is 4.39 Å². The zero-order chi connectivity index (χ0) is 13.8. The van der Waals surface area contributed by atoms with Crippen molar-refractivity contribution in [2.45, 2.75) is 25.7 Å². The second-order valence-electron chi connectivity index (χ2n) is 4.59. The van der Waals surface area contributed by atoms with Crippen LogP contribution >= 0.6 is 8.25 Å². The van der Waals surface area contributed by atoms with E-state index in [1.54, 1.807) is 32.0 Å². The molecule has 1 atom stereocenters. The number of rotatable bonds is 6. The van der Waals surface area contributed by atoms with E-state index in [1.165, 1.54) is 6.07 Å². The van der Waals surface area contributed by atoms with E-state index in [0.29, 0.717) is 5.56 Å². The molecule has 0 heterocycles. The van der Waals surface area contributed by atoms with E-state index in [1.807, 2.05) is 0 Å². The van der Waals surface area contributed by atoms with E-state index in [0.717, 1.165) is 0 Å². The zero-order valence-electron chi connectivity index (χ0n) is 10.2. The molecule has 1 unspecified atom stereocenters. The van der Waals surface area contributed by atoms with E-state index < -0.39 is 20.3 Å². The summed E-state index contributed by atoms with van der Waals surface area (Å²) < 4.78 is 28.3. The Kier molecular flexibility index (Phi) is 5.08. The molecule has 1 aromatic carbocycles. The van der Waals surface area contributed by atoms with Crippen LogP contribution in [-0.4, -0.2) is 17.3 Å². The molecule has 0 spiro atoms. The Hall–Kier alpha value is -1.16. The molecular formula is C12H15FO4P+. The summed E-state index contributed by atoms with van der Waals surface area (Å²) >= 11 is 0. The van der Waals surface area contributed by atoms with Gasteiger partial charge in [-0.15, -0.1) is 9.42 Å². The predicted molar refractivity (Wildman–Crippen MR) is 64.8 cm³/mol. The number of carbonyl (C=O) groups is 1. The van der Waals surface area contributed by atoms with Gasteiger partial charge < -0.3 is 0 Å². The summed E-state index contributed by atoms with van der Waals surface area (Å²) in [5, 5.41) is 0. The SMILES string of the molecule is CC(C)(CC(=O)CO[P+](=O)O)c1ccccc1F. The molecule has 0 aromatic heterocycles. The van der Waals surface area contributed by atoms with Crippen molar-refractivity contribution >= 4 is 14.0 Å². The minimum Gasteiger partial charge on any atom is -0.297 e. The highest BCUT2D eigenvalue weighted by molar-refractivity contribution is 7.32.